The van der Waals surface area contributed by atoms with Crippen molar-refractivity contribution < 1.29 is 4.39 Å². The number of hydrogen-bond acceptors (Lipinski definition) is 1. The van der Waals surface area contributed by atoms with Gasteiger partial charge in [-0.05, 0) is 36.1 Å². The molecular weight excluding hydrogens is 321 g/mol. The molecule has 26 heavy (non-hydrogen) atoms. The van der Waals surface area contributed by atoms with Crippen LogP contribution in [0.25, 0.3) is 5.57 Å². The van der Waals surface area contributed by atoms with Crippen LogP contribution in [0.1, 0.15) is 24.0 Å². The third-order valence-electron chi connectivity index (χ3n) is 5.00. The second-order valence-corrected chi connectivity index (χ2v) is 6.64. The summed E-state index contributed by atoms with van der Waals surface area (Å²) in [7, 11) is 0. The first kappa shape index (κ1) is 16.6. The summed E-state index contributed by atoms with van der Waals surface area (Å²) in [6.45, 7) is 0.888. The molecule has 0 aromatic heterocycles. The molecule has 0 radical (unpaired) electrons. The SMILES string of the molecule is FC(=C(c1ccccc1)c1ccccc1)C1CCCN1c1ccccc1. The quantitative estimate of drug-likeness (QED) is 0.554. The van der Waals surface area contributed by atoms with E-state index in [-0.39, 0.29) is 11.9 Å². The Labute approximate surface area is 154 Å². The van der Waals surface area contributed by atoms with E-state index in [0.29, 0.717) is 5.57 Å². The number of rotatable bonds is 4. The highest BCUT2D eigenvalue weighted by molar-refractivity contribution is 5.82. The Hall–Kier alpha value is -2.87. The highest BCUT2D eigenvalue weighted by Crippen LogP contribution is 2.36. The van der Waals surface area contributed by atoms with Crippen molar-refractivity contribution in [3.05, 3.63) is 108 Å². The molecule has 2 heteroatoms. The molecule has 3 aromatic rings. The first-order chi connectivity index (χ1) is 12.8. The van der Waals surface area contributed by atoms with Crippen LogP contribution in [0.3, 0.4) is 0 Å². The maximum atomic E-state index is 15.9. The summed E-state index contributed by atoms with van der Waals surface area (Å²) in [5.41, 5.74) is 3.65. The lowest BCUT2D eigenvalue weighted by Gasteiger charge is -2.27. The van der Waals surface area contributed by atoms with Crippen molar-refractivity contribution in [3.63, 3.8) is 0 Å². The van der Waals surface area contributed by atoms with Crippen molar-refractivity contribution in [1.82, 2.24) is 0 Å². The minimum atomic E-state index is -0.215. The van der Waals surface area contributed by atoms with Crippen molar-refractivity contribution in [2.75, 3.05) is 11.4 Å². The molecule has 0 spiro atoms. The van der Waals surface area contributed by atoms with Gasteiger partial charge < -0.3 is 4.90 Å². The van der Waals surface area contributed by atoms with Gasteiger partial charge in [0, 0.05) is 17.8 Å². The van der Waals surface area contributed by atoms with Crippen LogP contribution in [0.5, 0.6) is 0 Å². The van der Waals surface area contributed by atoms with Gasteiger partial charge in [-0.1, -0.05) is 78.9 Å². The van der Waals surface area contributed by atoms with Crippen LogP contribution in [0.4, 0.5) is 10.1 Å². The molecule has 0 N–H and O–H groups in total. The molecule has 1 fully saturated rings. The topological polar surface area (TPSA) is 3.24 Å². The van der Waals surface area contributed by atoms with Crippen LogP contribution in [0.2, 0.25) is 0 Å². The summed E-state index contributed by atoms with van der Waals surface area (Å²) in [5, 5.41) is 0. The molecule has 1 saturated heterocycles. The maximum Gasteiger partial charge on any atom is 0.131 e. The van der Waals surface area contributed by atoms with Gasteiger partial charge in [0.05, 0.1) is 6.04 Å². The number of hydrogen-bond donors (Lipinski definition) is 0. The van der Waals surface area contributed by atoms with Crippen LogP contribution in [0.15, 0.2) is 96.8 Å². The Morgan fingerprint density at radius 3 is 1.77 bits per heavy atom. The van der Waals surface area contributed by atoms with E-state index in [1.54, 1.807) is 0 Å². The normalized spacial score (nSPS) is 16.5. The highest BCUT2D eigenvalue weighted by atomic mass is 19.1. The fourth-order valence-corrected chi connectivity index (χ4v) is 3.78. The molecule has 1 aliphatic rings. The van der Waals surface area contributed by atoms with Gasteiger partial charge in [-0.15, -0.1) is 0 Å². The third-order valence-corrected chi connectivity index (χ3v) is 5.00. The molecule has 1 atom stereocenters. The molecule has 4 rings (SSSR count). The largest absolute Gasteiger partial charge is 0.362 e. The highest BCUT2D eigenvalue weighted by Gasteiger charge is 2.31. The fraction of sp³-hybridized carbons (Fsp3) is 0.167. The standard InChI is InChI=1S/C24H22FN/c25-24(22-17-10-18-26(22)21-15-8-3-9-16-21)23(19-11-4-1-5-12-19)20-13-6-2-7-14-20/h1-9,11-16,22H,10,17-18H2. The monoisotopic (exact) mass is 343 g/mol. The molecule has 0 bridgehead atoms. The number of anilines is 1. The van der Waals surface area contributed by atoms with Crippen LogP contribution in [-0.2, 0) is 0 Å². The Morgan fingerprint density at radius 2 is 1.23 bits per heavy atom. The molecular formula is C24H22FN. The van der Waals surface area contributed by atoms with Gasteiger partial charge in [-0.25, -0.2) is 4.39 Å². The summed E-state index contributed by atoms with van der Waals surface area (Å²) < 4.78 is 15.9. The molecule has 1 heterocycles. The molecule has 130 valence electrons. The van der Waals surface area contributed by atoms with Crippen molar-refractivity contribution in [2.24, 2.45) is 0 Å². The van der Waals surface area contributed by atoms with Crippen LogP contribution >= 0.6 is 0 Å². The minimum absolute atomic E-state index is 0.0382. The zero-order valence-electron chi connectivity index (χ0n) is 14.7. The van der Waals surface area contributed by atoms with Crippen molar-refractivity contribution in [1.29, 1.82) is 0 Å². The molecule has 1 aliphatic heterocycles. The van der Waals surface area contributed by atoms with Crippen LogP contribution < -0.4 is 4.90 Å². The Morgan fingerprint density at radius 1 is 0.731 bits per heavy atom. The van der Waals surface area contributed by atoms with Crippen LogP contribution in [-0.4, -0.2) is 12.6 Å². The predicted molar refractivity (Wildman–Crippen MR) is 107 cm³/mol. The number of halogens is 1. The van der Waals surface area contributed by atoms with E-state index in [4.69, 9.17) is 0 Å². The van der Waals surface area contributed by atoms with Gasteiger partial charge >= 0.3 is 0 Å². The lowest BCUT2D eigenvalue weighted by molar-refractivity contribution is 0.541. The summed E-state index contributed by atoms with van der Waals surface area (Å²) in [5.74, 6) is -0.0382. The molecule has 3 aromatic carbocycles. The Bertz CT molecular complexity index is 830. The van der Waals surface area contributed by atoms with Gasteiger partial charge in [0.15, 0.2) is 0 Å². The van der Waals surface area contributed by atoms with Crippen LogP contribution in [0, 0.1) is 0 Å². The smallest absolute Gasteiger partial charge is 0.131 e. The lowest BCUT2D eigenvalue weighted by Crippen LogP contribution is -2.30. The maximum absolute atomic E-state index is 15.9. The van der Waals surface area contributed by atoms with Gasteiger partial charge in [-0.3, -0.25) is 0 Å². The number of nitrogens with zero attached hydrogens (tertiary/aromatic N) is 1. The van der Waals surface area contributed by atoms with E-state index in [9.17, 15) is 0 Å². The van der Waals surface area contributed by atoms with E-state index in [0.717, 1.165) is 36.2 Å². The van der Waals surface area contributed by atoms with E-state index in [1.807, 2.05) is 78.9 Å². The van der Waals surface area contributed by atoms with Gasteiger partial charge in [-0.2, -0.15) is 0 Å². The summed E-state index contributed by atoms with van der Waals surface area (Å²) in [6, 6.07) is 29.7. The summed E-state index contributed by atoms with van der Waals surface area (Å²) >= 11 is 0. The predicted octanol–water partition coefficient (Wildman–Crippen LogP) is 6.08. The average Bonchev–Trinajstić information content (AvgIpc) is 3.20. The zero-order valence-corrected chi connectivity index (χ0v) is 14.7. The van der Waals surface area contributed by atoms with Gasteiger partial charge in [0.1, 0.15) is 5.83 Å². The van der Waals surface area contributed by atoms with E-state index in [2.05, 4.69) is 17.0 Å². The first-order valence-electron chi connectivity index (χ1n) is 9.17. The van der Waals surface area contributed by atoms with E-state index in [1.165, 1.54) is 0 Å². The summed E-state index contributed by atoms with van der Waals surface area (Å²) in [6.07, 6.45) is 1.84. The second-order valence-electron chi connectivity index (χ2n) is 6.64. The average molecular weight is 343 g/mol. The Balaban J connectivity index is 1.81. The van der Waals surface area contributed by atoms with Gasteiger partial charge in [0.25, 0.3) is 0 Å². The first-order valence-corrected chi connectivity index (χ1v) is 9.17. The van der Waals surface area contributed by atoms with Crippen molar-refractivity contribution in [2.45, 2.75) is 18.9 Å². The molecule has 0 saturated carbocycles. The second kappa shape index (κ2) is 7.57. The molecule has 1 unspecified atom stereocenters. The summed E-state index contributed by atoms with van der Waals surface area (Å²) in [4.78, 5) is 2.20. The van der Waals surface area contributed by atoms with Crippen molar-refractivity contribution >= 4 is 11.3 Å². The Kier molecular flexibility index (Phi) is 4.83. The lowest BCUT2D eigenvalue weighted by atomic mass is 9.94. The molecule has 0 amide bonds. The number of para-hydroxylation sites is 1. The molecule has 0 aliphatic carbocycles. The zero-order chi connectivity index (χ0) is 17.8. The molecule has 1 nitrogen and oxygen atoms in total. The van der Waals surface area contributed by atoms with E-state index >= 15 is 4.39 Å². The van der Waals surface area contributed by atoms with E-state index < -0.39 is 0 Å². The van der Waals surface area contributed by atoms with Crippen molar-refractivity contribution in [3.8, 4) is 0 Å². The number of benzene rings is 3. The third kappa shape index (κ3) is 3.28. The fourth-order valence-electron chi connectivity index (χ4n) is 3.78. The minimum Gasteiger partial charge on any atom is -0.362 e. The van der Waals surface area contributed by atoms with Gasteiger partial charge in [0.2, 0.25) is 0 Å².